The molecule has 7 nitrogen and oxygen atoms in total. The van der Waals surface area contributed by atoms with Gasteiger partial charge in [-0.05, 0) is 5.53 Å². The van der Waals surface area contributed by atoms with Gasteiger partial charge in [0.25, 0.3) is 0 Å². The molecule has 100 valence electrons. The van der Waals surface area contributed by atoms with Gasteiger partial charge in [0.05, 0.1) is 19.6 Å². The number of hydrogen-bond donors (Lipinski definition) is 0. The van der Waals surface area contributed by atoms with Crippen LogP contribution in [0.3, 0.4) is 0 Å². The highest BCUT2D eigenvalue weighted by Crippen LogP contribution is 2.22. The summed E-state index contributed by atoms with van der Waals surface area (Å²) in [6.45, 7) is 5.28. The van der Waals surface area contributed by atoms with Gasteiger partial charge >= 0.3 is 0 Å². The highest BCUT2D eigenvalue weighted by atomic mass is 16.7. The van der Waals surface area contributed by atoms with Gasteiger partial charge in [-0.3, -0.25) is 9.59 Å². The molecular formula is C11H17N3O4. The maximum Gasteiger partial charge on any atom is 0.169 e. The largest absolute Gasteiger partial charge is 0.349 e. The Labute approximate surface area is 105 Å². The minimum atomic E-state index is -0.742. The van der Waals surface area contributed by atoms with Crippen LogP contribution in [0.5, 0.6) is 0 Å². The first-order chi connectivity index (χ1) is 8.34. The number of carbonyl (C=O) groups is 2. The Balaban J connectivity index is 2.44. The second-order valence-electron chi connectivity index (χ2n) is 5.12. The van der Waals surface area contributed by atoms with E-state index < -0.39 is 17.8 Å². The third-order valence-electron chi connectivity index (χ3n) is 2.59. The van der Waals surface area contributed by atoms with E-state index in [9.17, 15) is 9.59 Å². The topological polar surface area (TPSA) is 101 Å². The molecule has 0 N–H and O–H groups in total. The summed E-state index contributed by atoms with van der Waals surface area (Å²) in [5, 5.41) is 3.17. The average molecular weight is 255 g/mol. The van der Waals surface area contributed by atoms with Gasteiger partial charge in [-0.2, -0.15) is 0 Å². The molecule has 7 heteroatoms. The zero-order chi connectivity index (χ0) is 13.8. The van der Waals surface area contributed by atoms with Crippen molar-refractivity contribution in [1.82, 2.24) is 0 Å². The van der Waals surface area contributed by atoms with Gasteiger partial charge in [-0.15, -0.1) is 0 Å². The summed E-state index contributed by atoms with van der Waals surface area (Å²) in [5.74, 6) is -0.325. The summed E-state index contributed by atoms with van der Waals surface area (Å²) in [7, 11) is 0. The van der Waals surface area contributed by atoms with Crippen LogP contribution >= 0.6 is 0 Å². The summed E-state index contributed by atoms with van der Waals surface area (Å²) < 4.78 is 10.5. The Morgan fingerprint density at radius 3 is 2.67 bits per heavy atom. The van der Waals surface area contributed by atoms with Crippen molar-refractivity contribution in [2.75, 3.05) is 13.2 Å². The van der Waals surface area contributed by atoms with Crippen LogP contribution in [0.4, 0.5) is 0 Å². The maximum absolute atomic E-state index is 11.8. The lowest BCUT2D eigenvalue weighted by molar-refractivity contribution is -0.140. The summed E-state index contributed by atoms with van der Waals surface area (Å²) >= 11 is 0. The molecule has 0 bridgehead atoms. The minimum absolute atomic E-state index is 0.00986. The molecule has 0 amide bonds. The van der Waals surface area contributed by atoms with Crippen molar-refractivity contribution >= 4 is 11.6 Å². The molecule has 0 radical (unpaired) electrons. The zero-order valence-electron chi connectivity index (χ0n) is 10.8. The molecule has 1 rings (SSSR count). The van der Waals surface area contributed by atoms with Crippen molar-refractivity contribution in [3.63, 3.8) is 0 Å². The molecule has 2 unspecified atom stereocenters. The van der Waals surface area contributed by atoms with E-state index in [0.717, 1.165) is 0 Å². The molecule has 18 heavy (non-hydrogen) atoms. The van der Waals surface area contributed by atoms with E-state index in [-0.39, 0.29) is 31.1 Å². The average Bonchev–Trinajstić information content (AvgIpc) is 2.73. The number of hydrogen-bond acceptors (Lipinski definition) is 5. The van der Waals surface area contributed by atoms with E-state index in [2.05, 4.69) is 10.0 Å². The molecule has 0 aromatic carbocycles. The first-order valence-corrected chi connectivity index (χ1v) is 5.68. The number of rotatable bonds is 5. The molecule has 1 heterocycles. The number of azide groups is 1. The van der Waals surface area contributed by atoms with Gasteiger partial charge in [-0.25, -0.2) is 0 Å². The molecule has 1 saturated heterocycles. The van der Waals surface area contributed by atoms with E-state index in [1.807, 2.05) is 20.8 Å². The molecule has 2 atom stereocenters. The predicted octanol–water partition coefficient (Wildman–Crippen LogP) is 1.61. The Morgan fingerprint density at radius 1 is 1.44 bits per heavy atom. The monoisotopic (exact) mass is 255 g/mol. The van der Waals surface area contributed by atoms with Crippen LogP contribution in [0, 0.1) is 5.41 Å². The second kappa shape index (κ2) is 5.95. The van der Waals surface area contributed by atoms with E-state index >= 15 is 0 Å². The van der Waals surface area contributed by atoms with E-state index in [1.165, 1.54) is 0 Å². The molecule has 0 aromatic rings. The van der Waals surface area contributed by atoms with Crippen molar-refractivity contribution in [2.24, 2.45) is 10.5 Å². The van der Waals surface area contributed by atoms with Gasteiger partial charge in [0, 0.05) is 10.3 Å². The van der Waals surface area contributed by atoms with Crippen LogP contribution < -0.4 is 0 Å². The fraction of sp³-hybridized carbons (Fsp3) is 0.818. The highest BCUT2D eigenvalue weighted by Gasteiger charge is 2.34. The van der Waals surface area contributed by atoms with E-state index in [0.29, 0.717) is 0 Å². The second-order valence-corrected chi connectivity index (χ2v) is 5.12. The maximum atomic E-state index is 11.8. The standard InChI is InChI=1S/C11H17N3O4/c1-11(2,3)9(16)4-10-17-6-8(18-10)7(15)5-13-14-12/h8,10H,4-6H2,1-3H3. The Morgan fingerprint density at radius 2 is 2.11 bits per heavy atom. The van der Waals surface area contributed by atoms with Gasteiger partial charge < -0.3 is 9.47 Å². The Bertz CT molecular complexity index is 382. The van der Waals surface area contributed by atoms with Crippen LogP contribution in [0.1, 0.15) is 27.2 Å². The van der Waals surface area contributed by atoms with Gasteiger partial charge in [0.15, 0.2) is 12.1 Å². The van der Waals surface area contributed by atoms with Crippen LogP contribution in [0.15, 0.2) is 5.11 Å². The van der Waals surface area contributed by atoms with Crippen molar-refractivity contribution in [2.45, 2.75) is 39.6 Å². The quantitative estimate of drug-likeness (QED) is 0.423. The first-order valence-electron chi connectivity index (χ1n) is 5.68. The van der Waals surface area contributed by atoms with Crippen molar-refractivity contribution in [1.29, 1.82) is 0 Å². The number of ether oxygens (including phenoxy) is 2. The lowest BCUT2D eigenvalue weighted by atomic mass is 9.89. The molecule has 0 aliphatic carbocycles. The van der Waals surface area contributed by atoms with Crippen molar-refractivity contribution in [3.8, 4) is 0 Å². The normalized spacial score (nSPS) is 23.5. The third-order valence-corrected chi connectivity index (χ3v) is 2.59. The highest BCUT2D eigenvalue weighted by molar-refractivity contribution is 5.86. The number of ketones is 2. The number of carbonyl (C=O) groups excluding carboxylic acids is 2. The molecule has 0 aromatic heterocycles. The van der Waals surface area contributed by atoms with E-state index in [4.69, 9.17) is 15.0 Å². The summed E-state index contributed by atoms with van der Waals surface area (Å²) in [6, 6.07) is 0. The summed E-state index contributed by atoms with van der Waals surface area (Å²) in [5.41, 5.74) is 7.65. The Kier molecular flexibility index (Phi) is 4.84. The molecule has 0 saturated carbocycles. The SMILES string of the molecule is CC(C)(C)C(=O)CC1OCC(C(=O)CN=[N+]=[N-])O1. The molecule has 0 spiro atoms. The summed E-state index contributed by atoms with van der Waals surface area (Å²) in [6.07, 6.45) is -1.31. The van der Waals surface area contributed by atoms with Crippen molar-refractivity contribution in [3.05, 3.63) is 10.4 Å². The lowest BCUT2D eigenvalue weighted by Crippen LogP contribution is -2.28. The molecule has 1 fully saturated rings. The van der Waals surface area contributed by atoms with Crippen LogP contribution in [-0.4, -0.2) is 37.1 Å². The molecular weight excluding hydrogens is 238 g/mol. The summed E-state index contributed by atoms with van der Waals surface area (Å²) in [4.78, 5) is 25.7. The van der Waals surface area contributed by atoms with Gasteiger partial charge in [0.2, 0.25) is 0 Å². The Hall–Kier alpha value is -1.43. The third kappa shape index (κ3) is 4.10. The lowest BCUT2D eigenvalue weighted by Gasteiger charge is -2.18. The van der Waals surface area contributed by atoms with Crippen molar-refractivity contribution < 1.29 is 19.1 Å². The van der Waals surface area contributed by atoms with E-state index in [1.54, 1.807) is 0 Å². The minimum Gasteiger partial charge on any atom is -0.349 e. The first kappa shape index (κ1) is 14.6. The molecule has 1 aliphatic heterocycles. The fourth-order valence-electron chi connectivity index (χ4n) is 1.39. The van der Waals surface area contributed by atoms with Crippen LogP contribution in [-0.2, 0) is 19.1 Å². The fourth-order valence-corrected chi connectivity index (χ4v) is 1.39. The van der Waals surface area contributed by atoms with Gasteiger partial charge in [-0.1, -0.05) is 25.9 Å². The predicted molar refractivity (Wildman–Crippen MR) is 62.7 cm³/mol. The molecule has 1 aliphatic rings. The van der Waals surface area contributed by atoms with Crippen LogP contribution in [0.2, 0.25) is 0 Å². The smallest absolute Gasteiger partial charge is 0.169 e. The van der Waals surface area contributed by atoms with Gasteiger partial charge in [0.1, 0.15) is 11.9 Å². The number of nitrogens with zero attached hydrogens (tertiary/aromatic N) is 3. The number of Topliss-reactive ketones (excluding diaryl/α,β-unsaturated/α-hetero) is 2. The van der Waals surface area contributed by atoms with Crippen LogP contribution in [0.25, 0.3) is 10.4 Å². The zero-order valence-corrected chi connectivity index (χ0v) is 10.8.